The maximum absolute atomic E-state index is 5.89. The third-order valence-corrected chi connectivity index (χ3v) is 2.75. The van der Waals surface area contributed by atoms with Crippen molar-refractivity contribution in [2.45, 2.75) is 32.9 Å². The van der Waals surface area contributed by atoms with E-state index in [2.05, 4.69) is 11.9 Å². The van der Waals surface area contributed by atoms with E-state index in [-0.39, 0.29) is 12.1 Å². The Kier molecular flexibility index (Phi) is 2.83. The van der Waals surface area contributed by atoms with Crippen molar-refractivity contribution in [1.82, 2.24) is 9.55 Å². The topological polar surface area (TPSA) is 57.0 Å². The van der Waals surface area contributed by atoms with Gasteiger partial charge in [-0.15, -0.1) is 0 Å². The number of furan rings is 1. The van der Waals surface area contributed by atoms with Crippen LogP contribution in [0.3, 0.4) is 0 Å². The summed E-state index contributed by atoms with van der Waals surface area (Å²) in [5, 5.41) is 0. The van der Waals surface area contributed by atoms with Crippen molar-refractivity contribution < 1.29 is 4.42 Å². The molecular formula is C12H17N3O. The lowest BCUT2D eigenvalue weighted by Crippen LogP contribution is -2.15. The lowest BCUT2D eigenvalue weighted by molar-refractivity contribution is 0.421. The molecule has 0 aliphatic rings. The summed E-state index contributed by atoms with van der Waals surface area (Å²) >= 11 is 0. The summed E-state index contributed by atoms with van der Waals surface area (Å²) in [5.74, 6) is 1.85. The van der Waals surface area contributed by atoms with E-state index in [1.807, 2.05) is 30.5 Å². The number of nitrogens with two attached hydrogens (primary N) is 1. The molecule has 2 aromatic heterocycles. The van der Waals surface area contributed by atoms with Crippen molar-refractivity contribution in [2.75, 3.05) is 0 Å². The summed E-state index contributed by atoms with van der Waals surface area (Å²) in [5.41, 5.74) is 6.90. The van der Waals surface area contributed by atoms with Gasteiger partial charge in [-0.25, -0.2) is 4.98 Å². The average molecular weight is 219 g/mol. The lowest BCUT2D eigenvalue weighted by atomic mass is 10.2. The Morgan fingerprint density at radius 3 is 2.69 bits per heavy atom. The van der Waals surface area contributed by atoms with Gasteiger partial charge < -0.3 is 14.7 Å². The first kappa shape index (κ1) is 11.0. The Labute approximate surface area is 95.1 Å². The van der Waals surface area contributed by atoms with Crippen LogP contribution in [-0.2, 0) is 0 Å². The number of aromatic nitrogens is 2. The molecule has 2 heterocycles. The third kappa shape index (κ3) is 1.88. The quantitative estimate of drug-likeness (QED) is 0.862. The van der Waals surface area contributed by atoms with E-state index in [1.54, 1.807) is 12.5 Å². The minimum Gasteiger partial charge on any atom is -0.464 e. The van der Waals surface area contributed by atoms with Crippen molar-refractivity contribution in [3.8, 4) is 0 Å². The summed E-state index contributed by atoms with van der Waals surface area (Å²) in [6.07, 6.45) is 3.60. The summed E-state index contributed by atoms with van der Waals surface area (Å²) in [4.78, 5) is 4.14. The zero-order valence-electron chi connectivity index (χ0n) is 9.84. The molecule has 2 atom stereocenters. The molecule has 16 heavy (non-hydrogen) atoms. The van der Waals surface area contributed by atoms with E-state index in [0.717, 1.165) is 17.2 Å². The van der Waals surface area contributed by atoms with Crippen molar-refractivity contribution in [1.29, 1.82) is 0 Å². The summed E-state index contributed by atoms with van der Waals surface area (Å²) in [7, 11) is 0. The van der Waals surface area contributed by atoms with Gasteiger partial charge in [0.15, 0.2) is 0 Å². The SMILES string of the molecule is Cc1ccc(C(C)n2cncc2C(C)N)o1. The molecule has 2 rings (SSSR count). The van der Waals surface area contributed by atoms with Gasteiger partial charge in [-0.1, -0.05) is 0 Å². The van der Waals surface area contributed by atoms with Crippen LogP contribution >= 0.6 is 0 Å². The van der Waals surface area contributed by atoms with E-state index < -0.39 is 0 Å². The normalized spacial score (nSPS) is 15.0. The number of hydrogen-bond donors (Lipinski definition) is 1. The van der Waals surface area contributed by atoms with Crippen molar-refractivity contribution >= 4 is 0 Å². The standard InChI is InChI=1S/C12H17N3O/c1-8-4-5-12(16-8)10(3)15-7-14-6-11(15)9(2)13/h4-7,9-10H,13H2,1-3H3. The predicted molar refractivity (Wildman–Crippen MR) is 62.1 cm³/mol. The van der Waals surface area contributed by atoms with Crippen molar-refractivity contribution in [2.24, 2.45) is 5.73 Å². The van der Waals surface area contributed by atoms with Crippen molar-refractivity contribution in [3.63, 3.8) is 0 Å². The molecule has 2 unspecified atom stereocenters. The predicted octanol–water partition coefficient (Wildman–Crippen LogP) is 2.41. The zero-order chi connectivity index (χ0) is 11.7. The van der Waals surface area contributed by atoms with E-state index in [0.29, 0.717) is 0 Å². The Morgan fingerprint density at radius 2 is 2.12 bits per heavy atom. The van der Waals surface area contributed by atoms with Gasteiger partial charge in [-0.2, -0.15) is 0 Å². The van der Waals surface area contributed by atoms with Crippen LogP contribution in [-0.4, -0.2) is 9.55 Å². The fourth-order valence-corrected chi connectivity index (χ4v) is 1.81. The van der Waals surface area contributed by atoms with Gasteiger partial charge in [0.1, 0.15) is 11.5 Å². The summed E-state index contributed by atoms with van der Waals surface area (Å²) < 4.78 is 7.66. The lowest BCUT2D eigenvalue weighted by Gasteiger charge is -2.16. The second-order valence-corrected chi connectivity index (χ2v) is 4.14. The Bertz CT molecular complexity index is 470. The van der Waals surface area contributed by atoms with Gasteiger partial charge in [0.25, 0.3) is 0 Å². The molecule has 0 saturated carbocycles. The van der Waals surface area contributed by atoms with Gasteiger partial charge in [0.2, 0.25) is 0 Å². The molecule has 0 bridgehead atoms. The molecule has 0 amide bonds. The Morgan fingerprint density at radius 1 is 1.38 bits per heavy atom. The van der Waals surface area contributed by atoms with Crippen LogP contribution in [0.15, 0.2) is 29.1 Å². The first-order valence-electron chi connectivity index (χ1n) is 5.43. The van der Waals surface area contributed by atoms with Crippen LogP contribution in [0.4, 0.5) is 0 Å². The highest BCUT2D eigenvalue weighted by Crippen LogP contribution is 2.23. The molecule has 2 N–H and O–H groups in total. The average Bonchev–Trinajstić information content (AvgIpc) is 2.84. The second kappa shape index (κ2) is 4.14. The molecule has 4 nitrogen and oxygen atoms in total. The van der Waals surface area contributed by atoms with E-state index in [9.17, 15) is 0 Å². The number of nitrogens with zero attached hydrogens (tertiary/aromatic N) is 2. The van der Waals surface area contributed by atoms with Crippen LogP contribution in [0.2, 0.25) is 0 Å². The van der Waals surface area contributed by atoms with Crippen LogP contribution in [0.1, 0.15) is 43.1 Å². The van der Waals surface area contributed by atoms with Gasteiger partial charge in [0.05, 0.1) is 18.1 Å². The zero-order valence-corrected chi connectivity index (χ0v) is 9.84. The highest BCUT2D eigenvalue weighted by molar-refractivity contribution is 5.14. The minimum atomic E-state index is -0.0268. The smallest absolute Gasteiger partial charge is 0.126 e. The molecule has 0 aliphatic heterocycles. The maximum atomic E-state index is 5.89. The fourth-order valence-electron chi connectivity index (χ4n) is 1.81. The molecule has 0 spiro atoms. The van der Waals surface area contributed by atoms with Gasteiger partial charge in [0, 0.05) is 12.2 Å². The van der Waals surface area contributed by atoms with Crippen LogP contribution < -0.4 is 5.73 Å². The second-order valence-electron chi connectivity index (χ2n) is 4.14. The number of aryl methyl sites for hydroxylation is 1. The first-order valence-corrected chi connectivity index (χ1v) is 5.43. The van der Waals surface area contributed by atoms with E-state index in [4.69, 9.17) is 10.2 Å². The van der Waals surface area contributed by atoms with Gasteiger partial charge >= 0.3 is 0 Å². The molecule has 0 fully saturated rings. The maximum Gasteiger partial charge on any atom is 0.126 e. The van der Waals surface area contributed by atoms with Crippen LogP contribution in [0.25, 0.3) is 0 Å². The summed E-state index contributed by atoms with van der Waals surface area (Å²) in [6.45, 7) is 5.97. The molecular weight excluding hydrogens is 202 g/mol. The minimum absolute atomic E-state index is 0.0268. The third-order valence-electron chi connectivity index (χ3n) is 2.75. The molecule has 0 saturated heterocycles. The fraction of sp³-hybridized carbons (Fsp3) is 0.417. The molecule has 0 aromatic carbocycles. The van der Waals surface area contributed by atoms with Gasteiger partial charge in [-0.3, -0.25) is 0 Å². The Balaban J connectivity index is 2.33. The number of rotatable bonds is 3. The van der Waals surface area contributed by atoms with Crippen molar-refractivity contribution in [3.05, 3.63) is 41.9 Å². The summed E-state index contributed by atoms with van der Waals surface area (Å²) in [6, 6.07) is 4.05. The number of imidazole rings is 1. The van der Waals surface area contributed by atoms with E-state index >= 15 is 0 Å². The molecule has 4 heteroatoms. The van der Waals surface area contributed by atoms with Gasteiger partial charge in [-0.05, 0) is 32.9 Å². The molecule has 2 aromatic rings. The monoisotopic (exact) mass is 219 g/mol. The Hall–Kier alpha value is -1.55. The largest absolute Gasteiger partial charge is 0.464 e. The number of hydrogen-bond acceptors (Lipinski definition) is 3. The van der Waals surface area contributed by atoms with Crippen LogP contribution in [0.5, 0.6) is 0 Å². The first-order chi connectivity index (χ1) is 7.59. The molecule has 86 valence electrons. The highest BCUT2D eigenvalue weighted by atomic mass is 16.3. The molecule has 0 radical (unpaired) electrons. The van der Waals surface area contributed by atoms with Crippen LogP contribution in [0, 0.1) is 6.92 Å². The van der Waals surface area contributed by atoms with E-state index in [1.165, 1.54) is 0 Å². The highest BCUT2D eigenvalue weighted by Gasteiger charge is 2.16. The molecule has 0 aliphatic carbocycles.